The fraction of sp³-hybridized carbons (Fsp3) is 0.0588. The highest BCUT2D eigenvalue weighted by atomic mass is 35.5. The number of H-pyrrole nitrogens is 1. The Morgan fingerprint density at radius 2 is 1.55 bits per heavy atom. The van der Waals surface area contributed by atoms with Gasteiger partial charge < -0.3 is 21.6 Å². The smallest absolute Gasteiger partial charge is 0.353 e. The van der Waals surface area contributed by atoms with Crippen LogP contribution >= 0.6 is 11.6 Å². The summed E-state index contributed by atoms with van der Waals surface area (Å²) in [4.78, 5) is 13.8. The molecule has 168 valence electrons. The van der Waals surface area contributed by atoms with Crippen molar-refractivity contribution in [3.8, 4) is 0 Å². The number of rotatable bonds is 3. The van der Waals surface area contributed by atoms with Crippen LogP contribution < -0.4 is 11.5 Å². The topological polar surface area (TPSA) is 217 Å². The molecule has 3 rings (SSSR count). The quantitative estimate of drug-likeness (QED) is 0.178. The molecule has 8 N–H and O–H groups in total. The van der Waals surface area contributed by atoms with E-state index in [4.69, 9.17) is 21.6 Å². The molecule has 0 saturated carbocycles. The number of hydrogen-bond donors (Lipinski definition) is 6. The summed E-state index contributed by atoms with van der Waals surface area (Å²) in [7, 11) is -7.65. The van der Waals surface area contributed by atoms with Crippen molar-refractivity contribution in [1.29, 1.82) is 5.41 Å². The molecule has 1 aromatic heterocycles. The van der Waals surface area contributed by atoms with Crippen LogP contribution in [0.5, 0.6) is 0 Å². The first-order valence-electron chi connectivity index (χ1n) is 8.01. The van der Waals surface area contributed by atoms with Crippen molar-refractivity contribution in [2.24, 2.45) is 11.5 Å². The molecule has 0 spiro atoms. The normalized spacial score (nSPS) is 10.9. The van der Waals surface area contributed by atoms with Crippen LogP contribution in [-0.2, 0) is 20.0 Å². The van der Waals surface area contributed by atoms with E-state index in [1.807, 2.05) is 0 Å². The molecule has 0 bridgehead atoms. The van der Waals surface area contributed by atoms with Crippen molar-refractivity contribution >= 4 is 54.4 Å². The Morgan fingerprint density at radius 1 is 1.06 bits per heavy atom. The van der Waals surface area contributed by atoms with Crippen LogP contribution in [0.15, 0.2) is 58.3 Å². The van der Waals surface area contributed by atoms with E-state index >= 15 is 0 Å². The van der Waals surface area contributed by atoms with E-state index < -0.39 is 25.9 Å². The lowest BCUT2D eigenvalue weighted by Crippen LogP contribution is -2.20. The van der Waals surface area contributed by atoms with Crippen LogP contribution in [-0.4, -0.2) is 49.7 Å². The summed E-state index contributed by atoms with van der Waals surface area (Å²) in [6.07, 6.45) is 0.715. The number of aromatic carboxylic acids is 1. The Labute approximate surface area is 182 Å². The summed E-state index contributed by atoms with van der Waals surface area (Å²) in [5, 5.41) is 16.0. The van der Waals surface area contributed by atoms with Crippen molar-refractivity contribution in [1.82, 2.24) is 4.98 Å². The minimum atomic E-state index is -3.99. The Morgan fingerprint density at radius 3 is 2.00 bits per heavy atom. The first-order chi connectivity index (χ1) is 14.1. The second kappa shape index (κ2) is 10.3. The van der Waals surface area contributed by atoms with E-state index in [0.717, 1.165) is 0 Å². The van der Waals surface area contributed by atoms with Crippen LogP contribution in [0, 0.1) is 5.41 Å². The lowest BCUT2D eigenvalue weighted by atomic mass is 10.2. The van der Waals surface area contributed by atoms with Gasteiger partial charge in [0.25, 0.3) is 10.1 Å². The van der Waals surface area contributed by atoms with E-state index in [0.29, 0.717) is 16.8 Å². The van der Waals surface area contributed by atoms with Gasteiger partial charge in [-0.1, -0.05) is 29.8 Å². The number of aromatic amines is 1. The summed E-state index contributed by atoms with van der Waals surface area (Å²) >= 11 is 5.92. The molecule has 0 amide bonds. The predicted molar refractivity (Wildman–Crippen MR) is 116 cm³/mol. The maximum absolute atomic E-state index is 12.8. The minimum Gasteiger partial charge on any atom is -0.477 e. The van der Waals surface area contributed by atoms with Gasteiger partial charge in [0.15, 0.2) is 5.96 Å². The molecule has 0 fully saturated rings. The number of carboxylic acid groups (broad SMARTS) is 1. The lowest BCUT2D eigenvalue weighted by molar-refractivity contribution is 0.0687. The zero-order valence-corrected chi connectivity index (χ0v) is 18.3. The van der Waals surface area contributed by atoms with Gasteiger partial charge in [-0.25, -0.2) is 13.2 Å². The minimum absolute atomic E-state index is 0.0263. The highest BCUT2D eigenvalue weighted by Gasteiger charge is 2.29. The third kappa shape index (κ3) is 7.90. The molecule has 0 atom stereocenters. The molecule has 0 saturated heterocycles. The highest BCUT2D eigenvalue weighted by molar-refractivity contribution is 7.91. The highest BCUT2D eigenvalue weighted by Crippen LogP contribution is 2.33. The van der Waals surface area contributed by atoms with E-state index in [2.05, 4.69) is 16.5 Å². The van der Waals surface area contributed by atoms with Crippen molar-refractivity contribution < 1.29 is 31.3 Å². The molecule has 1 heterocycles. The molecule has 31 heavy (non-hydrogen) atoms. The van der Waals surface area contributed by atoms with Gasteiger partial charge in [0, 0.05) is 15.9 Å². The number of fused-ring (bicyclic) bond motifs is 1. The summed E-state index contributed by atoms with van der Waals surface area (Å²) in [6, 6.07) is 12.2. The van der Waals surface area contributed by atoms with Gasteiger partial charge in [0.05, 0.1) is 11.2 Å². The third-order valence-electron chi connectivity index (χ3n) is 3.25. The average molecular weight is 491 g/mol. The van der Waals surface area contributed by atoms with Gasteiger partial charge in [-0.05, 0) is 30.3 Å². The van der Waals surface area contributed by atoms with Gasteiger partial charge >= 0.3 is 5.97 Å². The van der Waals surface area contributed by atoms with Crippen LogP contribution in [0.4, 0.5) is 0 Å². The van der Waals surface area contributed by atoms with Crippen LogP contribution in [0.25, 0.3) is 10.9 Å². The molecule has 2 aromatic carbocycles. The van der Waals surface area contributed by atoms with E-state index in [1.165, 1.54) is 18.2 Å². The number of hydrogen-bond acceptors (Lipinski definition) is 6. The van der Waals surface area contributed by atoms with Crippen LogP contribution in [0.1, 0.15) is 10.5 Å². The van der Waals surface area contributed by atoms with E-state index in [1.54, 1.807) is 30.3 Å². The van der Waals surface area contributed by atoms with Crippen LogP contribution in [0.3, 0.4) is 0 Å². The molecule has 3 aromatic rings. The number of halogens is 1. The van der Waals surface area contributed by atoms with Gasteiger partial charge in [0.2, 0.25) is 9.84 Å². The van der Waals surface area contributed by atoms with E-state index in [9.17, 15) is 26.7 Å². The fourth-order valence-electron chi connectivity index (χ4n) is 2.29. The molecular formula is C17H19ClN4O7S2. The van der Waals surface area contributed by atoms with Gasteiger partial charge in [-0.15, -0.1) is 0 Å². The number of benzene rings is 2. The summed E-state index contributed by atoms with van der Waals surface area (Å²) in [5.74, 6) is -1.68. The maximum atomic E-state index is 12.8. The summed E-state index contributed by atoms with van der Waals surface area (Å²) in [5.41, 5.74) is 8.97. The number of nitrogens with one attached hydrogen (secondary N) is 2. The second-order valence-electron chi connectivity index (χ2n) is 5.83. The van der Waals surface area contributed by atoms with Crippen molar-refractivity contribution in [2.75, 3.05) is 6.26 Å². The number of nitrogens with two attached hydrogens (primary N) is 2. The largest absolute Gasteiger partial charge is 0.477 e. The zero-order valence-electron chi connectivity index (χ0n) is 15.9. The summed E-state index contributed by atoms with van der Waals surface area (Å²) < 4.78 is 51.5. The molecule has 0 radical (unpaired) electrons. The molecule has 0 aliphatic rings. The molecule has 0 aliphatic heterocycles. The number of carboxylic acids is 1. The molecular weight excluding hydrogens is 472 g/mol. The number of carbonyl (C=O) groups is 1. The maximum Gasteiger partial charge on any atom is 0.353 e. The van der Waals surface area contributed by atoms with Crippen molar-refractivity contribution in [3.05, 3.63) is 59.2 Å². The Bertz CT molecular complexity index is 1290. The molecule has 14 heteroatoms. The van der Waals surface area contributed by atoms with Crippen LogP contribution in [0.2, 0.25) is 5.02 Å². The third-order valence-corrected chi connectivity index (χ3v) is 5.34. The Hall–Kier alpha value is -3.13. The number of guanidine groups is 1. The average Bonchev–Trinajstić information content (AvgIpc) is 3.00. The first-order valence-corrected chi connectivity index (χ1v) is 11.7. The number of sulfone groups is 1. The summed E-state index contributed by atoms with van der Waals surface area (Å²) in [6.45, 7) is 0. The lowest BCUT2D eigenvalue weighted by Gasteiger charge is -2.05. The zero-order chi connectivity index (χ0) is 24.0. The monoisotopic (exact) mass is 490 g/mol. The van der Waals surface area contributed by atoms with Gasteiger partial charge in [0.1, 0.15) is 10.6 Å². The van der Waals surface area contributed by atoms with Gasteiger partial charge in [-0.2, -0.15) is 8.42 Å². The Kier molecular flexibility index (Phi) is 8.57. The second-order valence-corrected chi connectivity index (χ2v) is 9.62. The van der Waals surface area contributed by atoms with Crippen molar-refractivity contribution in [2.45, 2.75) is 9.79 Å². The standard InChI is InChI=1S/C15H10ClNO4S.CH5N3.CH4O3S/c16-9-6-7-12-11(8-9)14(13(17-12)15(18)19)22(20,21)10-4-2-1-3-5-10;2-1(3)4;1-5(2,3)4/h1-8,17H,(H,18,19);(H5,2,3,4);1H3,(H,2,3,4). The Balaban J connectivity index is 0.000000454. The van der Waals surface area contributed by atoms with Gasteiger partial charge in [-0.3, -0.25) is 9.96 Å². The SMILES string of the molecule is CS(=O)(=O)O.N=C(N)N.O=C(O)c1[nH]c2ccc(Cl)cc2c1S(=O)(=O)c1ccccc1. The fourth-order valence-corrected chi connectivity index (χ4v) is 4.08. The first kappa shape index (κ1) is 25.9. The predicted octanol–water partition coefficient (Wildman–Crippen LogP) is 1.69. The molecule has 11 nitrogen and oxygen atoms in total. The molecule has 0 aliphatic carbocycles. The van der Waals surface area contributed by atoms with E-state index in [-0.39, 0.29) is 26.8 Å². The number of aromatic nitrogens is 1. The molecule has 0 unspecified atom stereocenters. The van der Waals surface area contributed by atoms with Crippen molar-refractivity contribution in [3.63, 3.8) is 0 Å².